The molecule has 0 radical (unpaired) electrons. The summed E-state index contributed by atoms with van der Waals surface area (Å²) in [5.74, 6) is 0. The van der Waals surface area contributed by atoms with Crippen LogP contribution in [0.1, 0.15) is 0 Å². The van der Waals surface area contributed by atoms with Crippen LogP contribution >= 0.6 is 0 Å². The highest BCUT2D eigenvalue weighted by molar-refractivity contribution is 4.68. The highest BCUT2D eigenvalue weighted by atomic mass is 16.5. The maximum atomic E-state index is 4.82. The third-order valence-corrected chi connectivity index (χ3v) is 0.724. The van der Waals surface area contributed by atoms with Gasteiger partial charge in [-0.2, -0.15) is 0 Å². The van der Waals surface area contributed by atoms with E-state index in [4.69, 9.17) is 6.42 Å². The van der Waals surface area contributed by atoms with E-state index in [-0.39, 0.29) is 0 Å². The van der Waals surface area contributed by atoms with Crippen LogP contribution in [-0.4, -0.2) is 32.1 Å². The largest absolute Gasteiger partial charge is 0.445 e. The van der Waals surface area contributed by atoms with Crippen LogP contribution in [0, 0.1) is 12.5 Å². The molecule has 0 rings (SSSR count). The lowest BCUT2D eigenvalue weighted by Gasteiger charge is -2.05. The van der Waals surface area contributed by atoms with E-state index in [0.717, 1.165) is 6.54 Å². The van der Waals surface area contributed by atoms with Crippen molar-refractivity contribution in [2.75, 3.05) is 27.2 Å². The Morgan fingerprint density at radius 2 is 2.25 bits per heavy atom. The first kappa shape index (κ1) is 7.32. The molecule has 0 amide bonds. The first-order chi connectivity index (χ1) is 3.77. The molecule has 0 aliphatic rings. The van der Waals surface area contributed by atoms with E-state index in [1.54, 1.807) is 0 Å². The van der Waals surface area contributed by atoms with Crippen molar-refractivity contribution >= 4 is 0 Å². The number of likely N-dealkylation sites (N-methyl/N-ethyl adjacent to an activating group) is 1. The molecule has 0 aliphatic carbocycles. The van der Waals surface area contributed by atoms with Gasteiger partial charge in [-0.15, -0.1) is 0 Å². The summed E-state index contributed by atoms with van der Waals surface area (Å²) in [5.41, 5.74) is 0. The quantitative estimate of drug-likeness (QED) is 0.382. The maximum absolute atomic E-state index is 4.82. The smallest absolute Gasteiger partial charge is 0.113 e. The van der Waals surface area contributed by atoms with Crippen molar-refractivity contribution in [1.82, 2.24) is 4.90 Å². The van der Waals surface area contributed by atoms with E-state index in [1.165, 1.54) is 0 Å². The number of rotatable bonds is 3. The minimum Gasteiger partial charge on any atom is -0.445 e. The normalized spacial score (nSPS) is 8.75. The molecular weight excluding hydrogens is 102 g/mol. The van der Waals surface area contributed by atoms with Crippen LogP contribution in [0.15, 0.2) is 0 Å². The van der Waals surface area contributed by atoms with Gasteiger partial charge in [-0.05, 0) is 14.1 Å². The van der Waals surface area contributed by atoms with E-state index in [0.29, 0.717) is 6.61 Å². The predicted molar refractivity (Wildman–Crippen MR) is 33.3 cm³/mol. The van der Waals surface area contributed by atoms with Crippen molar-refractivity contribution in [3.8, 4) is 12.5 Å². The molecule has 0 unspecified atom stereocenters. The fourth-order valence-corrected chi connectivity index (χ4v) is 0.287. The first-order valence-corrected chi connectivity index (χ1v) is 2.49. The Kier molecular flexibility index (Phi) is 4.10. The molecule has 0 heterocycles. The SMILES string of the molecule is C#COCCN(C)C. The molecule has 2 nitrogen and oxygen atoms in total. The standard InChI is InChI=1S/C6H11NO/c1-4-8-6-5-7(2)3/h1H,5-6H2,2-3H3. The molecule has 0 saturated carbocycles. The van der Waals surface area contributed by atoms with Gasteiger partial charge >= 0.3 is 0 Å². The average molecular weight is 113 g/mol. The summed E-state index contributed by atoms with van der Waals surface area (Å²) >= 11 is 0. The van der Waals surface area contributed by atoms with Crippen molar-refractivity contribution in [3.05, 3.63) is 0 Å². The van der Waals surface area contributed by atoms with Gasteiger partial charge in [0.25, 0.3) is 0 Å². The van der Waals surface area contributed by atoms with Gasteiger partial charge in [0.2, 0.25) is 0 Å². The molecule has 0 bridgehead atoms. The van der Waals surface area contributed by atoms with Crippen LogP contribution in [-0.2, 0) is 4.74 Å². The molecule has 2 heteroatoms. The van der Waals surface area contributed by atoms with Crippen molar-refractivity contribution in [3.63, 3.8) is 0 Å². The third kappa shape index (κ3) is 5.32. The fraction of sp³-hybridized carbons (Fsp3) is 0.667. The Balaban J connectivity index is 2.85. The Morgan fingerprint density at radius 3 is 2.62 bits per heavy atom. The van der Waals surface area contributed by atoms with Gasteiger partial charge in [-0.3, -0.25) is 0 Å². The van der Waals surface area contributed by atoms with E-state index in [2.05, 4.69) is 10.8 Å². The summed E-state index contributed by atoms with van der Waals surface area (Å²) in [6, 6.07) is 0. The second kappa shape index (κ2) is 4.48. The third-order valence-electron chi connectivity index (χ3n) is 0.724. The summed E-state index contributed by atoms with van der Waals surface area (Å²) < 4.78 is 4.63. The number of hydrogen-bond donors (Lipinski definition) is 0. The van der Waals surface area contributed by atoms with Crippen molar-refractivity contribution in [2.24, 2.45) is 0 Å². The molecule has 0 spiro atoms. The second-order valence-electron chi connectivity index (χ2n) is 1.77. The van der Waals surface area contributed by atoms with Gasteiger partial charge in [0.1, 0.15) is 12.7 Å². The lowest BCUT2D eigenvalue weighted by atomic mass is 10.6. The van der Waals surface area contributed by atoms with E-state index < -0.39 is 0 Å². The molecule has 0 aromatic heterocycles. The molecule has 8 heavy (non-hydrogen) atoms. The average Bonchev–Trinajstić information content (AvgIpc) is 1.66. The van der Waals surface area contributed by atoms with E-state index >= 15 is 0 Å². The van der Waals surface area contributed by atoms with Crippen LogP contribution in [0.25, 0.3) is 0 Å². The van der Waals surface area contributed by atoms with E-state index in [1.807, 2.05) is 19.0 Å². The Hall–Kier alpha value is -0.680. The Morgan fingerprint density at radius 1 is 1.62 bits per heavy atom. The van der Waals surface area contributed by atoms with Crippen LogP contribution in [0.5, 0.6) is 0 Å². The van der Waals surface area contributed by atoms with Gasteiger partial charge in [0, 0.05) is 6.54 Å². The van der Waals surface area contributed by atoms with Crippen LogP contribution in [0.4, 0.5) is 0 Å². The number of nitrogens with zero attached hydrogens (tertiary/aromatic N) is 1. The molecule has 46 valence electrons. The summed E-state index contributed by atoms with van der Waals surface area (Å²) in [5, 5.41) is 0. The summed E-state index contributed by atoms with van der Waals surface area (Å²) in [6.45, 7) is 1.49. The van der Waals surface area contributed by atoms with Crippen LogP contribution < -0.4 is 0 Å². The lowest BCUT2D eigenvalue weighted by Crippen LogP contribution is -2.16. The molecule has 0 aromatic rings. The van der Waals surface area contributed by atoms with Crippen LogP contribution in [0.3, 0.4) is 0 Å². The van der Waals surface area contributed by atoms with Gasteiger partial charge in [-0.25, -0.2) is 0 Å². The Bertz CT molecular complexity index is 83.0. The molecule has 0 saturated heterocycles. The predicted octanol–water partition coefficient (Wildman–Crippen LogP) is 0.155. The van der Waals surface area contributed by atoms with Crippen molar-refractivity contribution in [1.29, 1.82) is 0 Å². The first-order valence-electron chi connectivity index (χ1n) is 2.49. The highest BCUT2D eigenvalue weighted by Gasteiger charge is 1.85. The zero-order chi connectivity index (χ0) is 6.41. The molecule has 0 aromatic carbocycles. The van der Waals surface area contributed by atoms with Crippen LogP contribution in [0.2, 0.25) is 0 Å². The van der Waals surface area contributed by atoms with Gasteiger partial charge in [0.15, 0.2) is 0 Å². The summed E-state index contributed by atoms with van der Waals surface area (Å²) in [7, 11) is 3.94. The Labute approximate surface area is 50.4 Å². The van der Waals surface area contributed by atoms with Gasteiger partial charge in [0.05, 0.1) is 0 Å². The number of hydrogen-bond acceptors (Lipinski definition) is 2. The topological polar surface area (TPSA) is 12.5 Å². The van der Waals surface area contributed by atoms with Crippen molar-refractivity contribution < 1.29 is 4.74 Å². The molecular formula is C6H11NO. The minimum absolute atomic E-state index is 0.615. The monoisotopic (exact) mass is 113 g/mol. The minimum atomic E-state index is 0.615. The van der Waals surface area contributed by atoms with E-state index in [9.17, 15) is 0 Å². The van der Waals surface area contributed by atoms with Crippen molar-refractivity contribution in [2.45, 2.75) is 0 Å². The summed E-state index contributed by atoms with van der Waals surface area (Å²) in [6.07, 6.45) is 6.92. The second-order valence-corrected chi connectivity index (χ2v) is 1.77. The summed E-state index contributed by atoms with van der Waals surface area (Å²) in [4.78, 5) is 2.01. The maximum Gasteiger partial charge on any atom is 0.113 e. The highest BCUT2D eigenvalue weighted by Crippen LogP contribution is 1.73. The van der Waals surface area contributed by atoms with Gasteiger partial charge in [-0.1, -0.05) is 6.42 Å². The number of terminal acetylenes is 1. The van der Waals surface area contributed by atoms with Gasteiger partial charge < -0.3 is 9.64 Å². The molecule has 0 aliphatic heterocycles. The lowest BCUT2D eigenvalue weighted by molar-refractivity contribution is 0.233. The number of ether oxygens (including phenoxy) is 1. The zero-order valence-electron chi connectivity index (χ0n) is 5.35. The zero-order valence-corrected chi connectivity index (χ0v) is 5.35. The molecule has 0 fully saturated rings. The molecule has 0 N–H and O–H groups in total. The fourth-order valence-electron chi connectivity index (χ4n) is 0.287. The molecule has 0 atom stereocenters.